The number of rotatable bonds is 5. The molecule has 1 spiro atoms. The van der Waals surface area contributed by atoms with Crippen molar-refractivity contribution in [2.75, 3.05) is 26.4 Å². The number of fused-ring (bicyclic) bond motifs is 4. The van der Waals surface area contributed by atoms with Crippen LogP contribution in [-0.2, 0) is 27.9 Å². The molecule has 8 heteroatoms. The van der Waals surface area contributed by atoms with Crippen LogP contribution in [0.25, 0.3) is 11.3 Å². The molecule has 8 nitrogen and oxygen atoms in total. The van der Waals surface area contributed by atoms with Gasteiger partial charge in [-0.1, -0.05) is 6.07 Å². The highest BCUT2D eigenvalue weighted by atomic mass is 16.6. The molecule has 2 fully saturated rings. The van der Waals surface area contributed by atoms with Crippen LogP contribution in [0.5, 0.6) is 0 Å². The molecule has 0 bridgehead atoms. The fraction of sp³-hybridized carbons (Fsp3) is 0.458. The minimum Gasteiger partial charge on any atom is -0.455 e. The van der Waals surface area contributed by atoms with Crippen molar-refractivity contribution in [3.05, 3.63) is 58.9 Å². The van der Waals surface area contributed by atoms with Gasteiger partial charge in [0, 0.05) is 47.5 Å². The quantitative estimate of drug-likeness (QED) is 0.664. The normalized spacial score (nSPS) is 20.6. The van der Waals surface area contributed by atoms with E-state index in [-0.39, 0.29) is 17.4 Å². The van der Waals surface area contributed by atoms with E-state index in [0.717, 1.165) is 47.5 Å². The topological polar surface area (TPSA) is 91.4 Å². The van der Waals surface area contributed by atoms with Gasteiger partial charge in [0.2, 0.25) is 0 Å². The molecule has 1 saturated heterocycles. The zero-order valence-corrected chi connectivity index (χ0v) is 18.1. The summed E-state index contributed by atoms with van der Waals surface area (Å²) < 4.78 is 19.2. The summed E-state index contributed by atoms with van der Waals surface area (Å²) in [6.45, 7) is 4.62. The molecule has 1 amide bonds. The zero-order valence-electron chi connectivity index (χ0n) is 18.1. The van der Waals surface area contributed by atoms with Gasteiger partial charge in [-0.3, -0.25) is 14.5 Å². The largest absolute Gasteiger partial charge is 0.455 e. The first-order chi connectivity index (χ1) is 15.6. The highest BCUT2D eigenvalue weighted by Crippen LogP contribution is 2.58. The summed E-state index contributed by atoms with van der Waals surface area (Å²) in [7, 11) is 0. The average molecular weight is 434 g/mol. The van der Waals surface area contributed by atoms with E-state index in [2.05, 4.69) is 16.5 Å². The number of aromatic nitrogens is 3. The lowest BCUT2D eigenvalue weighted by atomic mass is 9.82. The first kappa shape index (κ1) is 19.7. The summed E-state index contributed by atoms with van der Waals surface area (Å²) in [5.41, 5.74) is 5.09. The first-order valence-corrected chi connectivity index (χ1v) is 11.2. The van der Waals surface area contributed by atoms with E-state index in [9.17, 15) is 4.79 Å². The third-order valence-corrected chi connectivity index (χ3v) is 6.77. The summed E-state index contributed by atoms with van der Waals surface area (Å²) in [5, 5.41) is 7.87. The predicted octanol–water partition coefficient (Wildman–Crippen LogP) is 2.63. The number of amides is 1. The maximum atomic E-state index is 12.9. The number of hydrogen-bond donors (Lipinski definition) is 1. The number of carbonyl (C=O) groups excluding carboxylic acids is 1. The molecule has 1 saturated carbocycles. The molecule has 1 atom stereocenters. The number of furan rings is 1. The van der Waals surface area contributed by atoms with Crippen LogP contribution in [0.15, 0.2) is 35.0 Å². The van der Waals surface area contributed by atoms with Crippen molar-refractivity contribution >= 4 is 5.91 Å². The van der Waals surface area contributed by atoms with E-state index < -0.39 is 0 Å². The molecule has 1 aliphatic heterocycles. The minimum atomic E-state index is -0.217. The number of carbonyl (C=O) groups is 1. The van der Waals surface area contributed by atoms with Gasteiger partial charge in [-0.2, -0.15) is 5.10 Å². The second-order valence-corrected chi connectivity index (χ2v) is 9.00. The molecular formula is C24H26N4O4. The molecule has 0 radical (unpaired) electrons. The first-order valence-electron chi connectivity index (χ1n) is 11.2. The Labute approximate surface area is 185 Å². The molecule has 32 heavy (non-hydrogen) atoms. The van der Waals surface area contributed by atoms with Crippen molar-refractivity contribution in [1.82, 2.24) is 20.1 Å². The molecule has 3 aromatic rings. The minimum absolute atomic E-state index is 0.0933. The van der Waals surface area contributed by atoms with Gasteiger partial charge in [-0.25, -0.2) is 0 Å². The molecule has 0 aromatic carbocycles. The number of ether oxygens (including phenoxy) is 2. The van der Waals surface area contributed by atoms with Crippen LogP contribution in [0.2, 0.25) is 0 Å². The molecule has 3 aromatic heterocycles. The third kappa shape index (κ3) is 3.34. The van der Waals surface area contributed by atoms with Gasteiger partial charge < -0.3 is 19.2 Å². The van der Waals surface area contributed by atoms with Crippen LogP contribution >= 0.6 is 0 Å². The van der Waals surface area contributed by atoms with Crippen molar-refractivity contribution in [2.45, 2.75) is 44.2 Å². The second-order valence-electron chi connectivity index (χ2n) is 9.00. The fourth-order valence-corrected chi connectivity index (χ4v) is 4.90. The van der Waals surface area contributed by atoms with E-state index in [4.69, 9.17) is 19.0 Å². The van der Waals surface area contributed by atoms with E-state index in [1.807, 2.05) is 29.8 Å². The Morgan fingerprint density at radius 2 is 2.22 bits per heavy atom. The lowest BCUT2D eigenvalue weighted by molar-refractivity contribution is -0.0856. The molecule has 166 valence electrons. The Bertz CT molecular complexity index is 1160. The summed E-state index contributed by atoms with van der Waals surface area (Å²) >= 11 is 0. The summed E-state index contributed by atoms with van der Waals surface area (Å²) in [6, 6.07) is 5.91. The average Bonchev–Trinajstić information content (AvgIpc) is 3.32. The molecular weight excluding hydrogens is 408 g/mol. The lowest BCUT2D eigenvalue weighted by Crippen LogP contribution is -2.39. The Balaban J connectivity index is 1.29. The highest BCUT2D eigenvalue weighted by Gasteiger charge is 2.52. The molecule has 0 unspecified atom stereocenters. The van der Waals surface area contributed by atoms with Gasteiger partial charge in [-0.05, 0) is 31.9 Å². The molecule has 3 aliphatic rings. The van der Waals surface area contributed by atoms with Gasteiger partial charge >= 0.3 is 0 Å². The van der Waals surface area contributed by atoms with Crippen LogP contribution in [-0.4, -0.2) is 53.1 Å². The third-order valence-electron chi connectivity index (χ3n) is 6.77. The summed E-state index contributed by atoms with van der Waals surface area (Å²) in [6.07, 6.45) is 6.89. The molecule has 2 aliphatic carbocycles. The Morgan fingerprint density at radius 1 is 1.31 bits per heavy atom. The standard InChI is InChI=1S/C24H26N4O4/c1-15-20-19(32-22(15)23(29)26-11-17-14-30-8-9-31-17)10-24(5-6-24)18-13-28(27-21(18)20)12-16-4-2-3-7-25-16/h2-4,7,13,17H,5-6,8-12,14H2,1H3,(H,26,29)/t17-/m1/s1. The van der Waals surface area contributed by atoms with Crippen LogP contribution in [0.4, 0.5) is 0 Å². The number of nitrogens with zero attached hydrogens (tertiary/aromatic N) is 3. The van der Waals surface area contributed by atoms with Crippen molar-refractivity contribution in [3.8, 4) is 11.3 Å². The number of pyridine rings is 1. The van der Waals surface area contributed by atoms with E-state index >= 15 is 0 Å². The Hall–Kier alpha value is -2.97. The van der Waals surface area contributed by atoms with Crippen molar-refractivity contribution in [3.63, 3.8) is 0 Å². The zero-order chi connectivity index (χ0) is 21.7. The SMILES string of the molecule is Cc1c(C(=O)NC[C@@H]2COCCO2)oc2c1-c1nn(Cc3ccccn3)cc1C1(CC1)C2. The second kappa shape index (κ2) is 7.56. The lowest BCUT2D eigenvalue weighted by Gasteiger charge is -2.22. The van der Waals surface area contributed by atoms with Gasteiger partial charge in [0.25, 0.3) is 5.91 Å². The molecule has 4 heterocycles. The van der Waals surface area contributed by atoms with Crippen LogP contribution in [0.3, 0.4) is 0 Å². The van der Waals surface area contributed by atoms with E-state index in [1.54, 1.807) is 6.20 Å². The Morgan fingerprint density at radius 3 is 2.97 bits per heavy atom. The molecule has 1 N–H and O–H groups in total. The van der Waals surface area contributed by atoms with E-state index in [0.29, 0.717) is 38.7 Å². The van der Waals surface area contributed by atoms with Gasteiger partial charge in [0.1, 0.15) is 5.76 Å². The van der Waals surface area contributed by atoms with Crippen molar-refractivity contribution < 1.29 is 18.7 Å². The Kier molecular flexibility index (Phi) is 4.66. The highest BCUT2D eigenvalue weighted by molar-refractivity contribution is 5.95. The smallest absolute Gasteiger partial charge is 0.287 e. The van der Waals surface area contributed by atoms with Crippen LogP contribution < -0.4 is 5.32 Å². The van der Waals surface area contributed by atoms with Gasteiger partial charge in [0.15, 0.2) is 5.76 Å². The summed E-state index contributed by atoms with van der Waals surface area (Å²) in [4.78, 5) is 17.4. The van der Waals surface area contributed by atoms with Crippen LogP contribution in [0.1, 0.15) is 46.0 Å². The van der Waals surface area contributed by atoms with Crippen LogP contribution in [0, 0.1) is 6.92 Å². The van der Waals surface area contributed by atoms with Crippen molar-refractivity contribution in [1.29, 1.82) is 0 Å². The molecule has 6 rings (SSSR count). The number of nitrogens with one attached hydrogen (secondary N) is 1. The van der Waals surface area contributed by atoms with E-state index in [1.165, 1.54) is 5.56 Å². The maximum absolute atomic E-state index is 12.9. The monoisotopic (exact) mass is 434 g/mol. The maximum Gasteiger partial charge on any atom is 0.287 e. The van der Waals surface area contributed by atoms with Gasteiger partial charge in [0.05, 0.1) is 43.9 Å². The summed E-state index contributed by atoms with van der Waals surface area (Å²) in [5.74, 6) is 1.03. The van der Waals surface area contributed by atoms with Gasteiger partial charge in [-0.15, -0.1) is 0 Å². The predicted molar refractivity (Wildman–Crippen MR) is 116 cm³/mol. The number of hydrogen-bond acceptors (Lipinski definition) is 6. The fourth-order valence-electron chi connectivity index (χ4n) is 4.90. The van der Waals surface area contributed by atoms with Crippen molar-refractivity contribution in [2.24, 2.45) is 0 Å².